The Morgan fingerprint density at radius 3 is 2.83 bits per heavy atom. The molecular formula is C13H13BrN2O2. The summed E-state index contributed by atoms with van der Waals surface area (Å²) in [4.78, 5) is 18.0. The molecule has 2 aromatic heterocycles. The highest BCUT2D eigenvalue weighted by Gasteiger charge is 2.15. The lowest BCUT2D eigenvalue weighted by atomic mass is 10.2. The number of aromatic nitrogens is 1. The van der Waals surface area contributed by atoms with Crippen LogP contribution in [0.3, 0.4) is 0 Å². The van der Waals surface area contributed by atoms with E-state index >= 15 is 0 Å². The van der Waals surface area contributed by atoms with E-state index in [0.29, 0.717) is 23.3 Å². The maximum Gasteiger partial charge on any atom is 0.255 e. The molecule has 0 atom stereocenters. The maximum absolute atomic E-state index is 12.2. The van der Waals surface area contributed by atoms with Crippen LogP contribution in [-0.4, -0.2) is 22.3 Å². The van der Waals surface area contributed by atoms with Crippen LogP contribution in [0.1, 0.15) is 23.0 Å². The third kappa shape index (κ3) is 2.98. The minimum atomic E-state index is -0.0473. The molecule has 0 aliphatic carbocycles. The summed E-state index contributed by atoms with van der Waals surface area (Å²) >= 11 is 3.25. The summed E-state index contributed by atoms with van der Waals surface area (Å²) < 4.78 is 5.97. The number of furan rings is 1. The molecule has 4 nitrogen and oxygen atoms in total. The molecule has 0 aromatic carbocycles. The molecule has 0 radical (unpaired) electrons. The van der Waals surface area contributed by atoms with Crippen LogP contribution in [0.2, 0.25) is 0 Å². The van der Waals surface area contributed by atoms with Crippen molar-refractivity contribution in [2.75, 3.05) is 6.54 Å². The number of carbonyl (C=O) groups excluding carboxylic acids is 1. The lowest BCUT2D eigenvalue weighted by Crippen LogP contribution is -2.30. The third-order valence-electron chi connectivity index (χ3n) is 2.57. The van der Waals surface area contributed by atoms with Gasteiger partial charge < -0.3 is 9.32 Å². The molecule has 0 fully saturated rings. The second-order valence-corrected chi connectivity index (χ2v) is 4.58. The number of hydrogen-bond acceptors (Lipinski definition) is 3. The molecule has 0 aliphatic rings. The van der Waals surface area contributed by atoms with E-state index in [9.17, 15) is 4.79 Å². The highest BCUT2D eigenvalue weighted by molar-refractivity contribution is 9.10. The largest absolute Gasteiger partial charge is 0.467 e. The monoisotopic (exact) mass is 308 g/mol. The number of hydrogen-bond donors (Lipinski definition) is 0. The van der Waals surface area contributed by atoms with Gasteiger partial charge >= 0.3 is 0 Å². The van der Waals surface area contributed by atoms with Gasteiger partial charge in [-0.3, -0.25) is 4.79 Å². The minimum absolute atomic E-state index is 0.0473. The highest BCUT2D eigenvalue weighted by Crippen LogP contribution is 2.12. The van der Waals surface area contributed by atoms with E-state index < -0.39 is 0 Å². The normalized spacial score (nSPS) is 10.3. The van der Waals surface area contributed by atoms with Gasteiger partial charge in [0.25, 0.3) is 5.91 Å². The first kappa shape index (κ1) is 12.8. The molecule has 0 N–H and O–H groups in total. The Morgan fingerprint density at radius 2 is 2.28 bits per heavy atom. The molecule has 2 heterocycles. The summed E-state index contributed by atoms with van der Waals surface area (Å²) in [6.07, 6.45) is 3.17. The first-order valence-electron chi connectivity index (χ1n) is 5.64. The van der Waals surface area contributed by atoms with E-state index in [4.69, 9.17) is 4.42 Å². The van der Waals surface area contributed by atoms with Crippen LogP contribution in [0, 0.1) is 0 Å². The number of pyridine rings is 1. The second kappa shape index (κ2) is 5.82. The molecule has 0 bridgehead atoms. The molecule has 0 unspecified atom stereocenters. The SMILES string of the molecule is CCN(Cc1ccco1)C(=O)c1ccc(Br)nc1. The van der Waals surface area contributed by atoms with Gasteiger partial charge in [-0.05, 0) is 47.1 Å². The van der Waals surface area contributed by atoms with Crippen molar-refractivity contribution in [3.05, 3.63) is 52.7 Å². The highest BCUT2D eigenvalue weighted by atomic mass is 79.9. The minimum Gasteiger partial charge on any atom is -0.467 e. The number of rotatable bonds is 4. The molecule has 2 aromatic rings. The first-order valence-corrected chi connectivity index (χ1v) is 6.43. The van der Waals surface area contributed by atoms with Crippen molar-refractivity contribution in [1.82, 2.24) is 9.88 Å². The van der Waals surface area contributed by atoms with Crippen molar-refractivity contribution in [3.8, 4) is 0 Å². The topological polar surface area (TPSA) is 46.3 Å². The van der Waals surface area contributed by atoms with Gasteiger partial charge in [0.1, 0.15) is 10.4 Å². The second-order valence-electron chi connectivity index (χ2n) is 3.77. The predicted octanol–water partition coefficient (Wildman–Crippen LogP) is 3.10. The molecule has 18 heavy (non-hydrogen) atoms. The molecule has 0 spiro atoms. The van der Waals surface area contributed by atoms with Crippen molar-refractivity contribution in [2.24, 2.45) is 0 Å². The van der Waals surface area contributed by atoms with Gasteiger partial charge in [-0.15, -0.1) is 0 Å². The zero-order chi connectivity index (χ0) is 13.0. The van der Waals surface area contributed by atoms with Gasteiger partial charge in [0, 0.05) is 12.7 Å². The van der Waals surface area contributed by atoms with Crippen LogP contribution < -0.4 is 0 Å². The van der Waals surface area contributed by atoms with Crippen LogP contribution in [0.25, 0.3) is 0 Å². The fraction of sp³-hybridized carbons (Fsp3) is 0.231. The average Bonchev–Trinajstić information content (AvgIpc) is 2.89. The van der Waals surface area contributed by atoms with E-state index in [1.54, 1.807) is 29.5 Å². The molecule has 94 valence electrons. The van der Waals surface area contributed by atoms with E-state index in [-0.39, 0.29) is 5.91 Å². The van der Waals surface area contributed by atoms with Gasteiger partial charge in [-0.25, -0.2) is 4.98 Å². The molecular weight excluding hydrogens is 296 g/mol. The maximum atomic E-state index is 12.2. The third-order valence-corrected chi connectivity index (χ3v) is 3.04. The lowest BCUT2D eigenvalue weighted by molar-refractivity contribution is 0.0741. The smallest absolute Gasteiger partial charge is 0.255 e. The Labute approximate surface area is 114 Å². The summed E-state index contributed by atoms with van der Waals surface area (Å²) in [5.74, 6) is 0.726. The molecule has 5 heteroatoms. The zero-order valence-electron chi connectivity index (χ0n) is 9.97. The van der Waals surface area contributed by atoms with Gasteiger partial charge in [-0.1, -0.05) is 0 Å². The van der Waals surface area contributed by atoms with Crippen LogP contribution in [-0.2, 0) is 6.54 Å². The Hall–Kier alpha value is -1.62. The standard InChI is InChI=1S/C13H13BrN2O2/c1-2-16(9-11-4-3-7-18-11)13(17)10-5-6-12(14)15-8-10/h3-8H,2,9H2,1H3. The van der Waals surface area contributed by atoms with Crippen LogP contribution in [0.4, 0.5) is 0 Å². The summed E-state index contributed by atoms with van der Waals surface area (Å²) in [6, 6.07) is 7.18. The Kier molecular flexibility index (Phi) is 4.15. The van der Waals surface area contributed by atoms with Crippen molar-refractivity contribution in [3.63, 3.8) is 0 Å². The predicted molar refractivity (Wildman–Crippen MR) is 71.1 cm³/mol. The number of nitrogens with zero attached hydrogens (tertiary/aromatic N) is 2. The molecule has 1 amide bonds. The summed E-state index contributed by atoms with van der Waals surface area (Å²) in [7, 11) is 0. The van der Waals surface area contributed by atoms with Crippen molar-refractivity contribution in [1.29, 1.82) is 0 Å². The van der Waals surface area contributed by atoms with Crippen LogP contribution >= 0.6 is 15.9 Å². The van der Waals surface area contributed by atoms with Crippen molar-refractivity contribution in [2.45, 2.75) is 13.5 Å². The fourth-order valence-corrected chi connectivity index (χ4v) is 1.84. The number of carbonyl (C=O) groups is 1. The molecule has 0 saturated carbocycles. The Balaban J connectivity index is 2.12. The quantitative estimate of drug-likeness (QED) is 0.815. The summed E-state index contributed by atoms with van der Waals surface area (Å²) in [5, 5.41) is 0. The number of halogens is 1. The van der Waals surface area contributed by atoms with Crippen LogP contribution in [0.5, 0.6) is 0 Å². The van der Waals surface area contributed by atoms with E-state index in [0.717, 1.165) is 5.76 Å². The van der Waals surface area contributed by atoms with Gasteiger partial charge in [0.2, 0.25) is 0 Å². The van der Waals surface area contributed by atoms with Crippen molar-refractivity contribution < 1.29 is 9.21 Å². The Bertz CT molecular complexity index is 508. The van der Waals surface area contributed by atoms with Gasteiger partial charge in [0.15, 0.2) is 0 Å². The van der Waals surface area contributed by atoms with E-state index in [1.165, 1.54) is 0 Å². The summed E-state index contributed by atoms with van der Waals surface area (Å²) in [5.41, 5.74) is 0.576. The number of amides is 1. The van der Waals surface area contributed by atoms with E-state index in [2.05, 4.69) is 20.9 Å². The Morgan fingerprint density at radius 1 is 1.44 bits per heavy atom. The van der Waals surface area contributed by atoms with E-state index in [1.807, 2.05) is 19.1 Å². The lowest BCUT2D eigenvalue weighted by Gasteiger charge is -2.19. The van der Waals surface area contributed by atoms with Gasteiger partial charge in [0.05, 0.1) is 18.4 Å². The van der Waals surface area contributed by atoms with Crippen molar-refractivity contribution >= 4 is 21.8 Å². The fourth-order valence-electron chi connectivity index (χ4n) is 1.60. The molecule has 0 saturated heterocycles. The molecule has 0 aliphatic heterocycles. The zero-order valence-corrected chi connectivity index (χ0v) is 11.6. The molecule has 2 rings (SSSR count). The summed E-state index contributed by atoms with van der Waals surface area (Å²) in [6.45, 7) is 3.03. The first-order chi connectivity index (χ1) is 8.70. The van der Waals surface area contributed by atoms with Gasteiger partial charge in [-0.2, -0.15) is 0 Å². The average molecular weight is 309 g/mol. The van der Waals surface area contributed by atoms with Crippen LogP contribution in [0.15, 0.2) is 45.7 Å².